The molecule has 2 aliphatic rings. The second-order valence-electron chi connectivity index (χ2n) is 9.23. The molecule has 0 aromatic heterocycles. The highest BCUT2D eigenvalue weighted by Crippen LogP contribution is 2.40. The van der Waals surface area contributed by atoms with E-state index in [9.17, 15) is 0 Å². The number of rotatable bonds is 8. The molecule has 2 aliphatic carbocycles. The van der Waals surface area contributed by atoms with Crippen molar-refractivity contribution in [2.75, 3.05) is 0 Å². The summed E-state index contributed by atoms with van der Waals surface area (Å²) in [6.45, 7) is 17.5. The Morgan fingerprint density at radius 3 is 2.04 bits per heavy atom. The number of hydrogen-bond donors (Lipinski definition) is 0. The van der Waals surface area contributed by atoms with Crippen LogP contribution in [0.25, 0.3) is 0 Å². The van der Waals surface area contributed by atoms with Gasteiger partial charge in [0, 0.05) is 0 Å². The van der Waals surface area contributed by atoms with E-state index in [-0.39, 0.29) is 0 Å². The van der Waals surface area contributed by atoms with Crippen LogP contribution in [-0.2, 0) is 0 Å². The zero-order valence-corrected chi connectivity index (χ0v) is 18.6. The van der Waals surface area contributed by atoms with E-state index >= 15 is 0 Å². The van der Waals surface area contributed by atoms with E-state index in [1.165, 1.54) is 101 Å². The van der Waals surface area contributed by atoms with Crippen LogP contribution in [0.4, 0.5) is 0 Å². The highest BCUT2D eigenvalue weighted by atomic mass is 14.3. The van der Waals surface area contributed by atoms with E-state index < -0.39 is 0 Å². The molecule has 3 unspecified atom stereocenters. The summed E-state index contributed by atoms with van der Waals surface area (Å²) in [5.41, 5.74) is 2.91. The van der Waals surface area contributed by atoms with Gasteiger partial charge in [0.05, 0.1) is 0 Å². The maximum Gasteiger partial charge on any atom is -0.0203 e. The van der Waals surface area contributed by atoms with Crippen LogP contribution in [0.2, 0.25) is 0 Å². The van der Waals surface area contributed by atoms with Gasteiger partial charge in [-0.1, -0.05) is 109 Å². The van der Waals surface area contributed by atoms with Crippen molar-refractivity contribution in [1.29, 1.82) is 0 Å². The highest BCUT2D eigenvalue weighted by Gasteiger charge is 2.29. The predicted octanol–water partition coefficient (Wildman–Crippen LogP) is 9.12. The predicted molar refractivity (Wildman–Crippen MR) is 120 cm³/mol. The molecule has 0 heterocycles. The summed E-state index contributed by atoms with van der Waals surface area (Å²) >= 11 is 0. The molecule has 0 heteroatoms. The Balaban J connectivity index is 0.000000314. The Bertz CT molecular complexity index is 385. The molecule has 2 fully saturated rings. The van der Waals surface area contributed by atoms with Gasteiger partial charge in [-0.2, -0.15) is 0 Å². The van der Waals surface area contributed by atoms with Gasteiger partial charge in [-0.25, -0.2) is 0 Å². The second kappa shape index (κ2) is 13.6. The molecule has 26 heavy (non-hydrogen) atoms. The summed E-state index contributed by atoms with van der Waals surface area (Å²) < 4.78 is 0. The minimum absolute atomic E-state index is 0.761. The van der Waals surface area contributed by atoms with Crippen LogP contribution in [-0.4, -0.2) is 0 Å². The molecule has 0 spiro atoms. The monoisotopic (exact) mass is 360 g/mol. The van der Waals surface area contributed by atoms with Gasteiger partial charge in [-0.3, -0.25) is 0 Å². The number of hydrogen-bond acceptors (Lipinski definition) is 0. The van der Waals surface area contributed by atoms with Gasteiger partial charge >= 0.3 is 0 Å². The van der Waals surface area contributed by atoms with Gasteiger partial charge in [0.1, 0.15) is 0 Å². The summed E-state index contributed by atoms with van der Waals surface area (Å²) in [6, 6.07) is 0. The molecule has 2 rings (SSSR count). The Kier molecular flexibility index (Phi) is 12.3. The smallest absolute Gasteiger partial charge is 0.0203 e. The first-order valence-corrected chi connectivity index (χ1v) is 11.8. The van der Waals surface area contributed by atoms with E-state index in [0.717, 1.165) is 23.7 Å². The topological polar surface area (TPSA) is 0 Å². The zero-order chi connectivity index (χ0) is 19.4. The summed E-state index contributed by atoms with van der Waals surface area (Å²) in [6.07, 6.45) is 19.7. The van der Waals surface area contributed by atoms with Crippen molar-refractivity contribution in [3.8, 4) is 0 Å². The normalized spacial score (nSPS) is 25.1. The Labute approximate surface area is 165 Å². The first kappa shape index (κ1) is 23.5. The molecule has 0 nitrogen and oxygen atoms in total. The zero-order valence-electron chi connectivity index (χ0n) is 18.6. The van der Waals surface area contributed by atoms with Gasteiger partial charge in [-0.05, 0) is 56.3 Å². The lowest BCUT2D eigenvalue weighted by Gasteiger charge is -2.37. The maximum absolute atomic E-state index is 4.33. The molecule has 0 saturated heterocycles. The Morgan fingerprint density at radius 2 is 1.50 bits per heavy atom. The first-order chi connectivity index (χ1) is 12.5. The van der Waals surface area contributed by atoms with Crippen LogP contribution in [0.15, 0.2) is 24.3 Å². The molecule has 0 N–H and O–H groups in total. The SMILES string of the molecule is C=C(C)C1CCCCC1.C=C(CCC)C(C)C1CCCCC1CCCC. The van der Waals surface area contributed by atoms with Crippen molar-refractivity contribution < 1.29 is 0 Å². The van der Waals surface area contributed by atoms with E-state index in [4.69, 9.17) is 0 Å². The van der Waals surface area contributed by atoms with Crippen LogP contribution < -0.4 is 0 Å². The Hall–Kier alpha value is -0.520. The maximum atomic E-state index is 4.33. The van der Waals surface area contributed by atoms with Gasteiger partial charge in [0.15, 0.2) is 0 Å². The fraction of sp³-hybridized carbons (Fsp3) is 0.846. The molecule has 0 bridgehead atoms. The summed E-state index contributed by atoms with van der Waals surface area (Å²) in [5, 5.41) is 0. The molecule has 0 aliphatic heterocycles. The lowest BCUT2D eigenvalue weighted by Crippen LogP contribution is -2.26. The molecule has 0 aromatic carbocycles. The van der Waals surface area contributed by atoms with E-state index in [2.05, 4.69) is 40.9 Å². The highest BCUT2D eigenvalue weighted by molar-refractivity contribution is 5.02. The van der Waals surface area contributed by atoms with Crippen molar-refractivity contribution in [2.24, 2.45) is 23.7 Å². The van der Waals surface area contributed by atoms with Crippen molar-refractivity contribution in [3.63, 3.8) is 0 Å². The second-order valence-corrected chi connectivity index (χ2v) is 9.23. The van der Waals surface area contributed by atoms with Gasteiger partial charge in [0.2, 0.25) is 0 Å². The molecule has 3 atom stereocenters. The standard InChI is InChI=1S/C17H32.C9H16/c1-5-7-11-16-12-8-9-13-17(16)15(4)14(3)10-6-2;1-8(2)9-6-4-3-5-7-9/h15-17H,3,5-13H2,1-2,4H3;9H,1,3-7H2,2H3. The third kappa shape index (κ3) is 8.45. The lowest BCUT2D eigenvalue weighted by molar-refractivity contribution is 0.174. The third-order valence-electron chi connectivity index (χ3n) is 7.06. The van der Waals surface area contributed by atoms with Crippen molar-refractivity contribution in [2.45, 2.75) is 118 Å². The molecular weight excluding hydrogens is 312 g/mol. The van der Waals surface area contributed by atoms with Crippen molar-refractivity contribution >= 4 is 0 Å². The van der Waals surface area contributed by atoms with E-state index in [0.29, 0.717) is 0 Å². The summed E-state index contributed by atoms with van der Waals surface area (Å²) in [4.78, 5) is 0. The molecule has 0 amide bonds. The van der Waals surface area contributed by atoms with Crippen LogP contribution in [0.1, 0.15) is 118 Å². The summed E-state index contributed by atoms with van der Waals surface area (Å²) in [5.74, 6) is 3.55. The molecule has 2 saturated carbocycles. The molecule has 152 valence electrons. The van der Waals surface area contributed by atoms with Gasteiger partial charge in [-0.15, -0.1) is 0 Å². The summed E-state index contributed by atoms with van der Waals surface area (Å²) in [7, 11) is 0. The molecular formula is C26H48. The van der Waals surface area contributed by atoms with Crippen LogP contribution in [0, 0.1) is 23.7 Å². The first-order valence-electron chi connectivity index (χ1n) is 11.8. The van der Waals surface area contributed by atoms with Crippen LogP contribution in [0.3, 0.4) is 0 Å². The van der Waals surface area contributed by atoms with Crippen molar-refractivity contribution in [1.82, 2.24) is 0 Å². The number of allylic oxidation sites excluding steroid dienone is 2. The van der Waals surface area contributed by atoms with Gasteiger partial charge in [0.25, 0.3) is 0 Å². The molecule has 0 radical (unpaired) electrons. The van der Waals surface area contributed by atoms with E-state index in [1.807, 2.05) is 0 Å². The minimum atomic E-state index is 0.761. The quantitative estimate of drug-likeness (QED) is 0.378. The largest absolute Gasteiger partial charge is 0.0999 e. The fourth-order valence-electron chi connectivity index (χ4n) is 5.17. The van der Waals surface area contributed by atoms with Crippen LogP contribution in [0.5, 0.6) is 0 Å². The van der Waals surface area contributed by atoms with E-state index in [1.54, 1.807) is 0 Å². The average Bonchev–Trinajstić information content (AvgIpc) is 2.67. The third-order valence-corrected chi connectivity index (χ3v) is 7.06. The average molecular weight is 361 g/mol. The molecule has 0 aromatic rings. The Morgan fingerprint density at radius 1 is 0.885 bits per heavy atom. The fourth-order valence-corrected chi connectivity index (χ4v) is 5.17. The lowest BCUT2D eigenvalue weighted by atomic mass is 9.69. The van der Waals surface area contributed by atoms with Crippen molar-refractivity contribution in [3.05, 3.63) is 24.3 Å². The number of unbranched alkanes of at least 4 members (excludes halogenated alkanes) is 1. The minimum Gasteiger partial charge on any atom is -0.0999 e. The van der Waals surface area contributed by atoms with Crippen LogP contribution >= 0.6 is 0 Å². The van der Waals surface area contributed by atoms with Gasteiger partial charge < -0.3 is 0 Å².